The third-order valence-electron chi connectivity index (χ3n) is 5.27. The number of carbonyl (C=O) groups excluding carboxylic acids is 1. The van der Waals surface area contributed by atoms with E-state index in [2.05, 4.69) is 29.0 Å². The zero-order valence-corrected chi connectivity index (χ0v) is 20.8. The predicted molar refractivity (Wildman–Crippen MR) is 133 cm³/mol. The topological polar surface area (TPSA) is 54.0 Å². The van der Waals surface area contributed by atoms with Gasteiger partial charge < -0.3 is 14.4 Å². The summed E-state index contributed by atoms with van der Waals surface area (Å²) in [4.78, 5) is 17.0. The number of nitrogens with one attached hydrogen (secondary N) is 1. The Hall–Kier alpha value is -1.21. The van der Waals surface area contributed by atoms with Gasteiger partial charge in [0, 0.05) is 32.7 Å². The number of halogens is 2. The number of para-hydroxylation sites is 2. The molecule has 1 N–H and O–H groups in total. The van der Waals surface area contributed by atoms with E-state index in [1.165, 1.54) is 38.6 Å². The summed E-state index contributed by atoms with van der Waals surface area (Å²) in [5.74, 6) is 0.701. The smallest absolute Gasteiger partial charge is 0.411 e. The summed E-state index contributed by atoms with van der Waals surface area (Å²) in [7, 11) is 0. The van der Waals surface area contributed by atoms with Gasteiger partial charge in [0.25, 0.3) is 0 Å². The fourth-order valence-corrected chi connectivity index (χ4v) is 3.55. The maximum atomic E-state index is 12.2. The lowest BCUT2D eigenvalue weighted by molar-refractivity contribution is 0.101. The molecule has 0 spiro atoms. The van der Waals surface area contributed by atoms with Crippen LogP contribution in [0.5, 0.6) is 5.75 Å². The summed E-state index contributed by atoms with van der Waals surface area (Å²) in [6, 6.07) is 7.54. The molecule has 1 aromatic carbocycles. The summed E-state index contributed by atoms with van der Waals surface area (Å²) in [6.07, 6.45) is 6.76. The van der Waals surface area contributed by atoms with Crippen molar-refractivity contribution < 1.29 is 14.3 Å². The standard InChI is InChI=1S/C23H39N3O3.2ClH/c1-3-5-6-7-10-19-28-22-12-9-8-11-21(22)24-23(27)29-20-18-26-16-14-25(13-4-2)15-17-26;;/h8-9,11-12H,3-7,10,13-20H2,1-2H3,(H,24,27);2*1H. The number of unbranched alkanes of at least 4 members (excludes halogenated alkanes) is 4. The van der Waals surface area contributed by atoms with Gasteiger partial charge in [0.15, 0.2) is 0 Å². The molecule has 180 valence electrons. The van der Waals surface area contributed by atoms with Crippen LogP contribution in [-0.4, -0.2) is 68.4 Å². The van der Waals surface area contributed by atoms with Crippen LogP contribution in [0.2, 0.25) is 0 Å². The molecule has 6 nitrogen and oxygen atoms in total. The average Bonchev–Trinajstić information content (AvgIpc) is 2.73. The molecule has 1 heterocycles. The SMILES string of the molecule is CCCCCCCOc1ccccc1NC(=O)OCCN1CCN(CCC)CC1.Cl.Cl. The molecule has 1 amide bonds. The molecule has 8 heteroatoms. The zero-order valence-electron chi connectivity index (χ0n) is 19.1. The Morgan fingerprint density at radius 3 is 2.19 bits per heavy atom. The highest BCUT2D eigenvalue weighted by Crippen LogP contribution is 2.24. The number of hydrogen-bond donors (Lipinski definition) is 1. The van der Waals surface area contributed by atoms with E-state index in [1.807, 2.05) is 24.3 Å². The van der Waals surface area contributed by atoms with Crippen molar-refractivity contribution in [2.24, 2.45) is 0 Å². The number of anilines is 1. The number of rotatable bonds is 13. The number of amides is 1. The number of nitrogens with zero attached hydrogens (tertiary/aromatic N) is 2. The van der Waals surface area contributed by atoms with Gasteiger partial charge in [-0.2, -0.15) is 0 Å². The van der Waals surface area contributed by atoms with E-state index < -0.39 is 6.09 Å². The highest BCUT2D eigenvalue weighted by Gasteiger charge is 2.16. The molecule has 0 saturated carbocycles. The lowest BCUT2D eigenvalue weighted by atomic mass is 10.2. The van der Waals surface area contributed by atoms with Gasteiger partial charge in [-0.05, 0) is 31.5 Å². The third kappa shape index (κ3) is 12.4. The molecule has 2 rings (SSSR count). The van der Waals surface area contributed by atoms with E-state index in [-0.39, 0.29) is 24.8 Å². The van der Waals surface area contributed by atoms with Crippen LogP contribution in [0, 0.1) is 0 Å². The molecular weight excluding hydrogens is 437 g/mol. The molecule has 1 saturated heterocycles. The highest BCUT2D eigenvalue weighted by atomic mass is 35.5. The van der Waals surface area contributed by atoms with E-state index in [4.69, 9.17) is 9.47 Å². The van der Waals surface area contributed by atoms with E-state index in [1.54, 1.807) is 0 Å². The first-order chi connectivity index (χ1) is 14.2. The summed E-state index contributed by atoms with van der Waals surface area (Å²) in [5, 5.41) is 2.82. The minimum atomic E-state index is -0.423. The second kappa shape index (κ2) is 18.4. The first-order valence-corrected chi connectivity index (χ1v) is 11.3. The Morgan fingerprint density at radius 2 is 1.52 bits per heavy atom. The van der Waals surface area contributed by atoms with Crippen LogP contribution in [0.4, 0.5) is 10.5 Å². The summed E-state index contributed by atoms with van der Waals surface area (Å²) in [6.45, 7) is 11.7. The van der Waals surface area contributed by atoms with Gasteiger partial charge in [-0.1, -0.05) is 51.7 Å². The Bertz CT molecular complexity index is 585. The van der Waals surface area contributed by atoms with Crippen molar-refractivity contribution in [1.82, 2.24) is 9.80 Å². The number of hydrogen-bond acceptors (Lipinski definition) is 5. The fourth-order valence-electron chi connectivity index (χ4n) is 3.55. The maximum Gasteiger partial charge on any atom is 0.411 e. The Kier molecular flexibility index (Phi) is 17.7. The van der Waals surface area contributed by atoms with E-state index in [0.29, 0.717) is 24.7 Å². The van der Waals surface area contributed by atoms with Crippen molar-refractivity contribution in [2.45, 2.75) is 52.4 Å². The number of piperazine rings is 1. The van der Waals surface area contributed by atoms with Gasteiger partial charge in [0.1, 0.15) is 12.4 Å². The monoisotopic (exact) mass is 477 g/mol. The molecule has 0 aromatic heterocycles. The van der Waals surface area contributed by atoms with Crippen molar-refractivity contribution in [3.05, 3.63) is 24.3 Å². The normalized spacial score (nSPS) is 14.3. The Labute approximate surface area is 200 Å². The Morgan fingerprint density at radius 1 is 0.871 bits per heavy atom. The predicted octanol–water partition coefficient (Wildman–Crippen LogP) is 5.46. The molecule has 1 aromatic rings. The quantitative estimate of drug-likeness (QED) is 0.382. The van der Waals surface area contributed by atoms with Gasteiger partial charge >= 0.3 is 6.09 Å². The molecule has 0 radical (unpaired) electrons. The van der Waals surface area contributed by atoms with Crippen LogP contribution >= 0.6 is 24.8 Å². The largest absolute Gasteiger partial charge is 0.491 e. The minimum Gasteiger partial charge on any atom is -0.491 e. The van der Waals surface area contributed by atoms with Gasteiger partial charge in [-0.3, -0.25) is 10.2 Å². The van der Waals surface area contributed by atoms with Crippen LogP contribution < -0.4 is 10.1 Å². The van der Waals surface area contributed by atoms with Gasteiger partial charge in [-0.25, -0.2) is 4.79 Å². The molecule has 1 aliphatic heterocycles. The van der Waals surface area contributed by atoms with Crippen LogP contribution in [-0.2, 0) is 4.74 Å². The summed E-state index contributed by atoms with van der Waals surface area (Å²) < 4.78 is 11.3. The van der Waals surface area contributed by atoms with Gasteiger partial charge in [0.05, 0.1) is 12.3 Å². The van der Waals surface area contributed by atoms with E-state index in [0.717, 1.165) is 39.1 Å². The minimum absolute atomic E-state index is 0. The second-order valence-corrected chi connectivity index (χ2v) is 7.70. The van der Waals surface area contributed by atoms with Crippen molar-refractivity contribution in [3.63, 3.8) is 0 Å². The molecule has 0 aliphatic carbocycles. The Balaban J connectivity index is 0.00000450. The van der Waals surface area contributed by atoms with Crippen molar-refractivity contribution >= 4 is 36.6 Å². The number of carbonyl (C=O) groups is 1. The molecule has 1 aliphatic rings. The van der Waals surface area contributed by atoms with Crippen molar-refractivity contribution in [2.75, 3.05) is 57.8 Å². The molecule has 1 fully saturated rings. The van der Waals surface area contributed by atoms with Crippen LogP contribution in [0.15, 0.2) is 24.3 Å². The summed E-state index contributed by atoms with van der Waals surface area (Å²) in [5.41, 5.74) is 0.666. The lowest BCUT2D eigenvalue weighted by Gasteiger charge is -2.34. The highest BCUT2D eigenvalue weighted by molar-refractivity contribution is 5.86. The maximum absolute atomic E-state index is 12.2. The van der Waals surface area contributed by atoms with Crippen LogP contribution in [0.1, 0.15) is 52.4 Å². The second-order valence-electron chi connectivity index (χ2n) is 7.70. The van der Waals surface area contributed by atoms with E-state index in [9.17, 15) is 4.79 Å². The van der Waals surface area contributed by atoms with Gasteiger partial charge in [-0.15, -0.1) is 24.8 Å². The summed E-state index contributed by atoms with van der Waals surface area (Å²) >= 11 is 0. The van der Waals surface area contributed by atoms with Crippen LogP contribution in [0.3, 0.4) is 0 Å². The number of ether oxygens (including phenoxy) is 2. The molecule has 0 unspecified atom stereocenters. The zero-order chi connectivity index (χ0) is 20.7. The van der Waals surface area contributed by atoms with E-state index >= 15 is 0 Å². The van der Waals surface area contributed by atoms with Crippen LogP contribution in [0.25, 0.3) is 0 Å². The third-order valence-corrected chi connectivity index (χ3v) is 5.27. The van der Waals surface area contributed by atoms with Crippen molar-refractivity contribution in [3.8, 4) is 5.75 Å². The molecule has 0 atom stereocenters. The number of benzene rings is 1. The first-order valence-electron chi connectivity index (χ1n) is 11.3. The molecule has 31 heavy (non-hydrogen) atoms. The fraction of sp³-hybridized carbons (Fsp3) is 0.696. The molecular formula is C23H41Cl2N3O3. The first kappa shape index (κ1) is 29.8. The van der Waals surface area contributed by atoms with Gasteiger partial charge in [0.2, 0.25) is 0 Å². The average molecular weight is 479 g/mol. The molecule has 0 bridgehead atoms. The lowest BCUT2D eigenvalue weighted by Crippen LogP contribution is -2.47. The van der Waals surface area contributed by atoms with Crippen molar-refractivity contribution in [1.29, 1.82) is 0 Å².